The molecule has 1 saturated carbocycles. The summed E-state index contributed by atoms with van der Waals surface area (Å²) in [5.41, 5.74) is 0.459. The third-order valence-electron chi connectivity index (χ3n) is 5.12. The van der Waals surface area contributed by atoms with E-state index in [9.17, 15) is 14.7 Å². The van der Waals surface area contributed by atoms with Crippen LogP contribution in [0.3, 0.4) is 0 Å². The number of aryl methyl sites for hydroxylation is 1. The van der Waals surface area contributed by atoms with Crippen molar-refractivity contribution in [3.8, 4) is 11.4 Å². The molecule has 25 heavy (non-hydrogen) atoms. The number of benzene rings is 1. The van der Waals surface area contributed by atoms with Crippen LogP contribution in [0.1, 0.15) is 43.0 Å². The Morgan fingerprint density at radius 3 is 2.60 bits per heavy atom. The Bertz CT molecular complexity index is 784. The Balaban J connectivity index is 1.75. The molecule has 1 amide bonds. The summed E-state index contributed by atoms with van der Waals surface area (Å²) in [5, 5.41) is 16.5. The maximum Gasteiger partial charge on any atom is 0.311 e. The van der Waals surface area contributed by atoms with Gasteiger partial charge in [0, 0.05) is 24.2 Å². The smallest absolute Gasteiger partial charge is 0.311 e. The van der Waals surface area contributed by atoms with Gasteiger partial charge in [0.2, 0.25) is 0 Å². The normalized spacial score (nSPS) is 23.2. The summed E-state index contributed by atoms with van der Waals surface area (Å²) in [6.07, 6.45) is 4.55. The highest BCUT2D eigenvalue weighted by Crippen LogP contribution is 2.36. The number of carbonyl (C=O) groups is 2. The first-order valence-electron chi connectivity index (χ1n) is 8.40. The maximum atomic E-state index is 12.6. The SMILES string of the molecule is Cn1ncnc1-c1ccc(C(=O)NC2CCCCC2(C)C(=O)O)cc1. The lowest BCUT2D eigenvalue weighted by Crippen LogP contribution is -2.52. The van der Waals surface area contributed by atoms with Crippen molar-refractivity contribution in [3.05, 3.63) is 36.2 Å². The zero-order valence-corrected chi connectivity index (χ0v) is 14.4. The van der Waals surface area contributed by atoms with Gasteiger partial charge in [-0.3, -0.25) is 9.59 Å². The molecule has 132 valence electrons. The fourth-order valence-electron chi connectivity index (χ4n) is 3.39. The van der Waals surface area contributed by atoms with Crippen molar-refractivity contribution in [2.75, 3.05) is 0 Å². The predicted octanol–water partition coefficient (Wildman–Crippen LogP) is 2.25. The zero-order valence-electron chi connectivity index (χ0n) is 14.4. The molecular weight excluding hydrogens is 320 g/mol. The number of hydrogen-bond donors (Lipinski definition) is 2. The molecule has 0 bridgehead atoms. The molecule has 2 atom stereocenters. The molecule has 2 aromatic rings. The van der Waals surface area contributed by atoms with Gasteiger partial charge in [0.1, 0.15) is 6.33 Å². The van der Waals surface area contributed by atoms with Gasteiger partial charge in [-0.2, -0.15) is 5.10 Å². The Morgan fingerprint density at radius 2 is 2.00 bits per heavy atom. The number of nitrogens with one attached hydrogen (secondary N) is 1. The second-order valence-corrected chi connectivity index (χ2v) is 6.78. The summed E-state index contributed by atoms with van der Waals surface area (Å²) in [6.45, 7) is 1.72. The van der Waals surface area contributed by atoms with E-state index in [4.69, 9.17) is 0 Å². The van der Waals surface area contributed by atoms with E-state index >= 15 is 0 Å². The number of carboxylic acid groups (broad SMARTS) is 1. The molecule has 7 heteroatoms. The largest absolute Gasteiger partial charge is 0.481 e. The van der Waals surface area contributed by atoms with Crippen LogP contribution in [0.4, 0.5) is 0 Å². The Hall–Kier alpha value is -2.70. The van der Waals surface area contributed by atoms with Crippen molar-refractivity contribution >= 4 is 11.9 Å². The molecule has 0 spiro atoms. The Morgan fingerprint density at radius 1 is 1.28 bits per heavy atom. The van der Waals surface area contributed by atoms with Crippen LogP contribution < -0.4 is 5.32 Å². The lowest BCUT2D eigenvalue weighted by molar-refractivity contribution is -0.151. The number of nitrogens with zero attached hydrogens (tertiary/aromatic N) is 3. The molecule has 7 nitrogen and oxygen atoms in total. The van der Waals surface area contributed by atoms with Crippen LogP contribution in [0.15, 0.2) is 30.6 Å². The molecule has 0 saturated heterocycles. The van der Waals surface area contributed by atoms with E-state index in [0.717, 1.165) is 24.2 Å². The highest BCUT2D eigenvalue weighted by molar-refractivity contribution is 5.95. The minimum absolute atomic E-state index is 0.246. The van der Waals surface area contributed by atoms with E-state index in [1.807, 2.05) is 12.1 Å². The van der Waals surface area contributed by atoms with Gasteiger partial charge < -0.3 is 10.4 Å². The monoisotopic (exact) mass is 342 g/mol. The number of aromatic nitrogens is 3. The summed E-state index contributed by atoms with van der Waals surface area (Å²) >= 11 is 0. The van der Waals surface area contributed by atoms with Crippen LogP contribution in [-0.2, 0) is 11.8 Å². The molecule has 1 aliphatic carbocycles. The molecule has 0 aliphatic heterocycles. The number of amides is 1. The molecule has 1 heterocycles. The van der Waals surface area contributed by atoms with E-state index in [2.05, 4.69) is 15.4 Å². The molecule has 1 aliphatic rings. The first-order valence-corrected chi connectivity index (χ1v) is 8.40. The second-order valence-electron chi connectivity index (χ2n) is 6.78. The Kier molecular flexibility index (Phi) is 4.57. The van der Waals surface area contributed by atoms with E-state index in [-0.39, 0.29) is 11.9 Å². The van der Waals surface area contributed by atoms with Gasteiger partial charge in [0.25, 0.3) is 5.91 Å². The zero-order chi connectivity index (χ0) is 18.0. The maximum absolute atomic E-state index is 12.6. The number of aliphatic carboxylic acids is 1. The van der Waals surface area contributed by atoms with E-state index in [1.165, 1.54) is 6.33 Å². The van der Waals surface area contributed by atoms with E-state index < -0.39 is 11.4 Å². The molecule has 1 fully saturated rings. The van der Waals surface area contributed by atoms with Crippen LogP contribution in [0.2, 0.25) is 0 Å². The molecule has 1 aromatic carbocycles. The Labute approximate surface area is 146 Å². The van der Waals surface area contributed by atoms with Crippen LogP contribution in [0.5, 0.6) is 0 Å². The second kappa shape index (κ2) is 6.66. The minimum atomic E-state index is -0.910. The van der Waals surface area contributed by atoms with Crippen molar-refractivity contribution in [3.63, 3.8) is 0 Å². The lowest BCUT2D eigenvalue weighted by Gasteiger charge is -2.38. The summed E-state index contributed by atoms with van der Waals surface area (Å²) in [7, 11) is 1.80. The molecule has 3 rings (SSSR count). The van der Waals surface area contributed by atoms with E-state index in [0.29, 0.717) is 18.4 Å². The third kappa shape index (κ3) is 3.26. The van der Waals surface area contributed by atoms with Crippen LogP contribution >= 0.6 is 0 Å². The average molecular weight is 342 g/mol. The van der Waals surface area contributed by atoms with Crippen molar-refractivity contribution in [2.45, 2.75) is 38.6 Å². The standard InChI is InChI=1S/C18H22N4O3/c1-18(17(24)25)10-4-3-5-14(18)21-16(23)13-8-6-12(7-9-13)15-19-11-20-22(15)2/h6-9,11,14H,3-5,10H2,1-2H3,(H,21,23)(H,24,25). The summed E-state index contributed by atoms with van der Waals surface area (Å²) < 4.78 is 1.66. The predicted molar refractivity (Wildman–Crippen MR) is 91.9 cm³/mol. The highest BCUT2D eigenvalue weighted by atomic mass is 16.4. The lowest BCUT2D eigenvalue weighted by atomic mass is 9.71. The van der Waals surface area contributed by atoms with Crippen LogP contribution in [0.25, 0.3) is 11.4 Å². The number of hydrogen-bond acceptors (Lipinski definition) is 4. The fraction of sp³-hybridized carbons (Fsp3) is 0.444. The molecule has 2 unspecified atom stereocenters. The van der Waals surface area contributed by atoms with Gasteiger partial charge in [0.15, 0.2) is 5.82 Å². The first kappa shape index (κ1) is 17.1. The highest BCUT2D eigenvalue weighted by Gasteiger charge is 2.43. The van der Waals surface area contributed by atoms with Crippen LogP contribution in [0, 0.1) is 5.41 Å². The molecule has 1 aromatic heterocycles. The van der Waals surface area contributed by atoms with Gasteiger partial charge >= 0.3 is 5.97 Å². The fourth-order valence-corrected chi connectivity index (χ4v) is 3.39. The summed E-state index contributed by atoms with van der Waals surface area (Å²) in [4.78, 5) is 28.4. The van der Waals surface area contributed by atoms with Crippen LogP contribution in [-0.4, -0.2) is 37.8 Å². The van der Waals surface area contributed by atoms with Gasteiger partial charge in [-0.25, -0.2) is 9.67 Å². The quantitative estimate of drug-likeness (QED) is 0.888. The van der Waals surface area contributed by atoms with Crippen molar-refractivity contribution in [1.82, 2.24) is 20.1 Å². The average Bonchev–Trinajstić information content (AvgIpc) is 3.03. The summed E-state index contributed by atoms with van der Waals surface area (Å²) in [5.74, 6) is -0.378. The van der Waals surface area contributed by atoms with Crippen molar-refractivity contribution in [1.29, 1.82) is 0 Å². The molecule has 2 N–H and O–H groups in total. The molecule has 0 radical (unpaired) electrons. The minimum Gasteiger partial charge on any atom is -0.481 e. The van der Waals surface area contributed by atoms with Crippen molar-refractivity contribution in [2.24, 2.45) is 12.5 Å². The molecular formula is C18H22N4O3. The number of rotatable bonds is 4. The van der Waals surface area contributed by atoms with Gasteiger partial charge in [0.05, 0.1) is 5.41 Å². The van der Waals surface area contributed by atoms with E-state index in [1.54, 1.807) is 30.8 Å². The first-order chi connectivity index (χ1) is 11.9. The number of carboxylic acids is 1. The topological polar surface area (TPSA) is 97.1 Å². The van der Waals surface area contributed by atoms with Gasteiger partial charge in [-0.05, 0) is 31.9 Å². The third-order valence-corrected chi connectivity index (χ3v) is 5.12. The van der Waals surface area contributed by atoms with Crippen molar-refractivity contribution < 1.29 is 14.7 Å². The number of carbonyl (C=O) groups excluding carboxylic acids is 1. The van der Waals surface area contributed by atoms with Gasteiger partial charge in [-0.1, -0.05) is 25.0 Å². The summed E-state index contributed by atoms with van der Waals surface area (Å²) in [6, 6.07) is 6.72. The van der Waals surface area contributed by atoms with Gasteiger partial charge in [-0.15, -0.1) is 0 Å².